The maximum absolute atomic E-state index is 12.1. The molecule has 1 aromatic heterocycles. The fourth-order valence-corrected chi connectivity index (χ4v) is 5.24. The molecule has 2 aliphatic heterocycles. The van der Waals surface area contributed by atoms with E-state index < -0.39 is 89.2 Å². The molecule has 0 radical (unpaired) electrons. The van der Waals surface area contributed by atoms with E-state index in [4.69, 9.17) is 9.47 Å². The number of nitrogens with zero attached hydrogens (tertiary/aromatic N) is 1. The molecule has 0 amide bonds. The summed E-state index contributed by atoms with van der Waals surface area (Å²) in [5, 5.41) is 48.8. The second-order valence-corrected chi connectivity index (χ2v) is 10.2. The number of phosphoric ester groups is 2. The Balaban J connectivity index is 1.59. The lowest BCUT2D eigenvalue weighted by Crippen LogP contribution is -2.53. The lowest BCUT2D eigenvalue weighted by atomic mass is 10.1. The van der Waals surface area contributed by atoms with Gasteiger partial charge in [0.2, 0.25) is 0 Å². The first-order valence-corrected chi connectivity index (χ1v) is 12.4. The SMILES string of the molecule is O=c1ccn([C@H]2O[C@@H](COP(=O)(O)OP(=O)(O)O[C@H]3OC[C@@H](O)[C@H](O)[C@H]3O)[C@H](O)[C@@H]2O)c(=O)[nH]1. The number of nitrogens with one attached hydrogen (secondary N) is 1. The molecule has 3 rings (SSSR count). The van der Waals surface area contributed by atoms with Crippen molar-refractivity contribution >= 4 is 15.6 Å². The van der Waals surface area contributed by atoms with Crippen LogP contribution in [0.2, 0.25) is 0 Å². The van der Waals surface area contributed by atoms with Crippen LogP contribution >= 0.6 is 15.6 Å². The fourth-order valence-electron chi connectivity index (χ4n) is 3.07. The molecule has 20 heteroatoms. The van der Waals surface area contributed by atoms with Crippen LogP contribution in [0, 0.1) is 0 Å². The first-order chi connectivity index (χ1) is 15.7. The highest BCUT2D eigenvalue weighted by Gasteiger charge is 2.47. The summed E-state index contributed by atoms with van der Waals surface area (Å²) in [6, 6.07) is 0.939. The predicted octanol–water partition coefficient (Wildman–Crippen LogP) is -4.15. The number of hydrogen-bond donors (Lipinski definition) is 8. The summed E-state index contributed by atoms with van der Waals surface area (Å²) in [6.07, 6.45) is -13.0. The van der Waals surface area contributed by atoms with Gasteiger partial charge in [-0.15, -0.1) is 0 Å². The van der Waals surface area contributed by atoms with Crippen molar-refractivity contribution in [1.82, 2.24) is 9.55 Å². The van der Waals surface area contributed by atoms with E-state index in [0.717, 1.165) is 16.8 Å². The molecule has 2 fully saturated rings. The number of phosphoric acid groups is 2. The zero-order valence-corrected chi connectivity index (χ0v) is 18.6. The Morgan fingerprint density at radius 2 is 1.71 bits per heavy atom. The van der Waals surface area contributed by atoms with Crippen molar-refractivity contribution in [3.63, 3.8) is 0 Å². The number of ether oxygens (including phenoxy) is 2. The topological polar surface area (TPSA) is 277 Å². The molecule has 1 aromatic rings. The summed E-state index contributed by atoms with van der Waals surface area (Å²) >= 11 is 0. The maximum Gasteiger partial charge on any atom is 0.483 e. The van der Waals surface area contributed by atoms with E-state index in [1.165, 1.54) is 0 Å². The molecule has 0 aliphatic carbocycles. The van der Waals surface area contributed by atoms with Gasteiger partial charge in [0.05, 0.1) is 13.2 Å². The first-order valence-electron chi connectivity index (χ1n) is 9.39. The van der Waals surface area contributed by atoms with Gasteiger partial charge < -0.3 is 44.8 Å². The lowest BCUT2D eigenvalue weighted by Gasteiger charge is -2.35. The molecule has 34 heavy (non-hydrogen) atoms. The molecular formula is C14H22N2O16P2. The van der Waals surface area contributed by atoms with Crippen molar-refractivity contribution in [1.29, 1.82) is 0 Å². The predicted molar refractivity (Wildman–Crippen MR) is 103 cm³/mol. The quantitative estimate of drug-likeness (QED) is 0.146. The second-order valence-electron chi connectivity index (χ2n) is 7.23. The third-order valence-electron chi connectivity index (χ3n) is 4.76. The highest BCUT2D eigenvalue weighted by Crippen LogP contribution is 2.61. The van der Waals surface area contributed by atoms with E-state index in [9.17, 15) is 54.0 Å². The van der Waals surface area contributed by atoms with Crippen LogP contribution in [0.4, 0.5) is 0 Å². The molecule has 8 N–H and O–H groups in total. The van der Waals surface area contributed by atoms with Crippen molar-refractivity contribution in [3.8, 4) is 0 Å². The van der Waals surface area contributed by atoms with Crippen molar-refractivity contribution in [2.45, 2.75) is 49.1 Å². The number of hydrogen-bond acceptors (Lipinski definition) is 14. The minimum atomic E-state index is -5.47. The lowest BCUT2D eigenvalue weighted by molar-refractivity contribution is -0.245. The molecule has 10 atom stereocenters. The Labute approximate surface area is 188 Å². The largest absolute Gasteiger partial charge is 0.483 e. The van der Waals surface area contributed by atoms with E-state index >= 15 is 0 Å². The number of rotatable bonds is 8. The van der Waals surface area contributed by atoms with E-state index in [0.29, 0.717) is 0 Å². The van der Waals surface area contributed by atoms with Crippen LogP contribution in [0.3, 0.4) is 0 Å². The number of aromatic nitrogens is 2. The van der Waals surface area contributed by atoms with Gasteiger partial charge in [-0.2, -0.15) is 4.31 Å². The van der Waals surface area contributed by atoms with Crippen molar-refractivity contribution in [2.24, 2.45) is 0 Å². The maximum atomic E-state index is 12.1. The zero-order chi connectivity index (χ0) is 25.4. The van der Waals surface area contributed by atoms with Crippen LogP contribution in [-0.4, -0.2) is 101 Å². The summed E-state index contributed by atoms with van der Waals surface area (Å²) in [7, 11) is -10.9. The minimum Gasteiger partial charge on any atom is -0.388 e. The van der Waals surface area contributed by atoms with Gasteiger partial charge in [0, 0.05) is 12.3 Å². The molecule has 0 spiro atoms. The number of aromatic amines is 1. The van der Waals surface area contributed by atoms with Crippen LogP contribution in [0.25, 0.3) is 0 Å². The third-order valence-corrected chi connectivity index (χ3v) is 7.36. The molecule has 18 nitrogen and oxygen atoms in total. The summed E-state index contributed by atoms with van der Waals surface area (Å²) in [5.74, 6) is 0. The Bertz CT molecular complexity index is 1080. The molecule has 0 aromatic carbocycles. The van der Waals surface area contributed by atoms with Gasteiger partial charge in [-0.05, 0) is 0 Å². The normalized spacial score (nSPS) is 37.7. The van der Waals surface area contributed by atoms with Gasteiger partial charge in [0.1, 0.15) is 36.6 Å². The summed E-state index contributed by atoms with van der Waals surface area (Å²) in [6.45, 7) is -1.59. The molecule has 0 bridgehead atoms. The van der Waals surface area contributed by atoms with E-state index in [-0.39, 0.29) is 0 Å². The van der Waals surface area contributed by atoms with E-state index in [1.54, 1.807) is 0 Å². The Kier molecular flexibility index (Phi) is 8.28. The average molecular weight is 536 g/mol. The van der Waals surface area contributed by atoms with Gasteiger partial charge in [0.15, 0.2) is 12.5 Å². The van der Waals surface area contributed by atoms with Crippen molar-refractivity contribution in [2.75, 3.05) is 13.2 Å². The van der Waals surface area contributed by atoms with Gasteiger partial charge in [-0.1, -0.05) is 0 Å². The smallest absolute Gasteiger partial charge is 0.388 e. The van der Waals surface area contributed by atoms with Crippen LogP contribution in [0.15, 0.2) is 21.9 Å². The van der Waals surface area contributed by atoms with E-state index in [2.05, 4.69) is 13.4 Å². The minimum absolute atomic E-state index is 0.602. The van der Waals surface area contributed by atoms with Crippen LogP contribution in [0.5, 0.6) is 0 Å². The monoisotopic (exact) mass is 536 g/mol. The van der Waals surface area contributed by atoms with Gasteiger partial charge >= 0.3 is 21.3 Å². The summed E-state index contributed by atoms with van der Waals surface area (Å²) < 4.78 is 47.7. The van der Waals surface area contributed by atoms with Crippen LogP contribution in [-0.2, 0) is 32.0 Å². The summed E-state index contributed by atoms with van der Waals surface area (Å²) in [5.41, 5.74) is -1.72. The Morgan fingerprint density at radius 1 is 1.03 bits per heavy atom. The number of H-pyrrole nitrogens is 1. The van der Waals surface area contributed by atoms with Gasteiger partial charge in [-0.3, -0.25) is 23.4 Å². The summed E-state index contributed by atoms with van der Waals surface area (Å²) in [4.78, 5) is 44.3. The molecule has 3 heterocycles. The first kappa shape index (κ1) is 27.3. The number of aliphatic hydroxyl groups excluding tert-OH is 5. The Morgan fingerprint density at radius 3 is 2.35 bits per heavy atom. The standard InChI is InChI=1S/C14H22N2O16P2/c17-5-3-28-13(11(22)8(5)19)31-34(26,27)32-33(24,25)29-4-6-9(20)10(21)12(30-6)16-2-1-7(18)15-14(16)23/h1-2,5-6,8-13,17,19-22H,3-4H2,(H,24,25)(H,26,27)(H,15,18,23)/t5-,6+,8+,9+,10+,11-,12+,13-/m1/s1. The van der Waals surface area contributed by atoms with Gasteiger partial charge in [-0.25, -0.2) is 13.9 Å². The molecule has 2 aliphatic rings. The van der Waals surface area contributed by atoms with Gasteiger partial charge in [0.25, 0.3) is 5.56 Å². The molecule has 2 saturated heterocycles. The Hall–Kier alpha value is -1.34. The zero-order valence-electron chi connectivity index (χ0n) is 16.8. The van der Waals surface area contributed by atoms with Crippen molar-refractivity contribution < 1.29 is 67.3 Å². The van der Waals surface area contributed by atoms with Crippen LogP contribution in [0.1, 0.15) is 6.23 Å². The highest BCUT2D eigenvalue weighted by molar-refractivity contribution is 7.61. The van der Waals surface area contributed by atoms with Crippen LogP contribution < -0.4 is 11.2 Å². The highest BCUT2D eigenvalue weighted by atomic mass is 31.3. The second kappa shape index (κ2) is 10.3. The third kappa shape index (κ3) is 6.26. The molecule has 194 valence electrons. The fraction of sp³-hybridized carbons (Fsp3) is 0.714. The van der Waals surface area contributed by atoms with Crippen molar-refractivity contribution in [3.05, 3.63) is 33.1 Å². The molecule has 0 saturated carbocycles. The molecular weight excluding hydrogens is 514 g/mol. The number of aliphatic hydroxyl groups is 5. The van der Waals surface area contributed by atoms with E-state index in [1.807, 2.05) is 4.98 Å². The average Bonchev–Trinajstić information content (AvgIpc) is 3.00. The molecule has 2 unspecified atom stereocenters.